The summed E-state index contributed by atoms with van der Waals surface area (Å²) >= 11 is 0. The first kappa shape index (κ1) is 14.5. The van der Waals surface area contributed by atoms with Gasteiger partial charge in [0, 0.05) is 5.69 Å². The van der Waals surface area contributed by atoms with Crippen LogP contribution in [0.3, 0.4) is 0 Å². The molecule has 0 radical (unpaired) electrons. The molecule has 0 aliphatic carbocycles. The van der Waals surface area contributed by atoms with E-state index in [0.29, 0.717) is 11.4 Å². The molecule has 0 spiro atoms. The molecule has 0 aliphatic rings. The molecule has 0 aliphatic heterocycles. The zero-order valence-electron chi connectivity index (χ0n) is 11.3. The Bertz CT molecular complexity index is 626. The number of nitrogens with one attached hydrogen (secondary N) is 1. The predicted octanol–water partition coefficient (Wildman–Crippen LogP) is 2.19. The largest absolute Gasteiger partial charge is 0.479 e. The number of anilines is 1. The highest BCUT2D eigenvalue weighted by Gasteiger charge is 2.15. The highest BCUT2D eigenvalue weighted by Crippen LogP contribution is 2.13. The number of para-hydroxylation sites is 1. The van der Waals surface area contributed by atoms with Crippen LogP contribution >= 0.6 is 0 Å². The standard InChI is InChI=1S/C15H14N2O4/c1-10(14(18)17-11-5-3-2-4-6-11)21-12-7-8-13(15(19)20)16-9-12/h2-10H,1H3,(H,17,18)(H,19,20). The van der Waals surface area contributed by atoms with Crippen LogP contribution in [-0.2, 0) is 4.79 Å². The summed E-state index contributed by atoms with van der Waals surface area (Å²) < 4.78 is 5.42. The third kappa shape index (κ3) is 4.04. The molecule has 108 valence electrons. The van der Waals surface area contributed by atoms with Gasteiger partial charge in [0.25, 0.3) is 5.91 Å². The lowest BCUT2D eigenvalue weighted by molar-refractivity contribution is -0.122. The van der Waals surface area contributed by atoms with E-state index in [1.165, 1.54) is 18.3 Å². The van der Waals surface area contributed by atoms with E-state index in [2.05, 4.69) is 10.3 Å². The maximum Gasteiger partial charge on any atom is 0.354 e. The van der Waals surface area contributed by atoms with Gasteiger partial charge in [-0.3, -0.25) is 4.79 Å². The molecule has 6 nitrogen and oxygen atoms in total. The Labute approximate surface area is 121 Å². The molecule has 2 N–H and O–H groups in total. The van der Waals surface area contributed by atoms with Crippen molar-refractivity contribution in [3.05, 3.63) is 54.4 Å². The van der Waals surface area contributed by atoms with Gasteiger partial charge in [-0.05, 0) is 31.2 Å². The smallest absolute Gasteiger partial charge is 0.354 e. The van der Waals surface area contributed by atoms with E-state index in [9.17, 15) is 9.59 Å². The van der Waals surface area contributed by atoms with Crippen molar-refractivity contribution in [3.63, 3.8) is 0 Å². The fraction of sp³-hybridized carbons (Fsp3) is 0.133. The maximum absolute atomic E-state index is 11.9. The Kier molecular flexibility index (Phi) is 4.50. The second-order valence-electron chi connectivity index (χ2n) is 4.30. The van der Waals surface area contributed by atoms with Crippen molar-refractivity contribution in [2.75, 3.05) is 5.32 Å². The normalized spacial score (nSPS) is 11.5. The van der Waals surface area contributed by atoms with Crippen LogP contribution in [0.15, 0.2) is 48.7 Å². The van der Waals surface area contributed by atoms with Crippen LogP contribution in [-0.4, -0.2) is 28.1 Å². The molecule has 2 aromatic rings. The molecule has 0 saturated heterocycles. The van der Waals surface area contributed by atoms with Crippen molar-refractivity contribution in [2.24, 2.45) is 0 Å². The van der Waals surface area contributed by atoms with Gasteiger partial charge in [0.1, 0.15) is 11.4 Å². The fourth-order valence-corrected chi connectivity index (χ4v) is 1.60. The number of hydrogen-bond acceptors (Lipinski definition) is 4. The van der Waals surface area contributed by atoms with Gasteiger partial charge in [0.15, 0.2) is 6.10 Å². The molecule has 0 bridgehead atoms. The van der Waals surface area contributed by atoms with E-state index in [-0.39, 0.29) is 11.6 Å². The Morgan fingerprint density at radius 2 is 1.90 bits per heavy atom. The molecule has 1 heterocycles. The van der Waals surface area contributed by atoms with Gasteiger partial charge < -0.3 is 15.2 Å². The van der Waals surface area contributed by atoms with Crippen molar-refractivity contribution in [1.29, 1.82) is 0 Å². The Morgan fingerprint density at radius 1 is 1.19 bits per heavy atom. The molecular weight excluding hydrogens is 272 g/mol. The number of rotatable bonds is 5. The number of benzene rings is 1. The number of aromatic carboxylic acids is 1. The Morgan fingerprint density at radius 3 is 2.48 bits per heavy atom. The SMILES string of the molecule is CC(Oc1ccc(C(=O)O)nc1)C(=O)Nc1ccccc1. The lowest BCUT2D eigenvalue weighted by Gasteiger charge is -2.14. The van der Waals surface area contributed by atoms with Gasteiger partial charge in [-0.1, -0.05) is 18.2 Å². The van der Waals surface area contributed by atoms with Crippen molar-refractivity contribution < 1.29 is 19.4 Å². The lowest BCUT2D eigenvalue weighted by atomic mass is 10.3. The highest BCUT2D eigenvalue weighted by atomic mass is 16.5. The molecule has 2 rings (SSSR count). The Hall–Kier alpha value is -2.89. The van der Waals surface area contributed by atoms with Crippen molar-refractivity contribution in [3.8, 4) is 5.75 Å². The number of ether oxygens (including phenoxy) is 1. The topological polar surface area (TPSA) is 88.5 Å². The van der Waals surface area contributed by atoms with E-state index >= 15 is 0 Å². The Balaban J connectivity index is 1.95. The number of nitrogens with zero attached hydrogens (tertiary/aromatic N) is 1. The van der Waals surface area contributed by atoms with E-state index in [0.717, 1.165) is 0 Å². The third-order valence-corrected chi connectivity index (χ3v) is 2.68. The van der Waals surface area contributed by atoms with E-state index < -0.39 is 12.1 Å². The van der Waals surface area contributed by atoms with Crippen LogP contribution < -0.4 is 10.1 Å². The molecule has 0 fully saturated rings. The summed E-state index contributed by atoms with van der Waals surface area (Å²) in [5, 5.41) is 11.5. The zero-order valence-corrected chi connectivity index (χ0v) is 11.3. The number of carboxylic acids is 1. The van der Waals surface area contributed by atoms with Crippen molar-refractivity contribution >= 4 is 17.6 Å². The van der Waals surface area contributed by atoms with Crippen LogP contribution in [0.2, 0.25) is 0 Å². The monoisotopic (exact) mass is 286 g/mol. The molecule has 1 aromatic heterocycles. The zero-order chi connectivity index (χ0) is 15.2. The quantitative estimate of drug-likeness (QED) is 0.879. The van der Waals surface area contributed by atoms with Crippen LogP contribution in [0.25, 0.3) is 0 Å². The number of carboxylic acid groups (broad SMARTS) is 1. The summed E-state index contributed by atoms with van der Waals surface area (Å²) in [5.74, 6) is -1.09. The fourth-order valence-electron chi connectivity index (χ4n) is 1.60. The second kappa shape index (κ2) is 6.51. The minimum absolute atomic E-state index is 0.0799. The average molecular weight is 286 g/mol. The molecule has 0 saturated carbocycles. The molecular formula is C15H14N2O4. The first-order chi connectivity index (χ1) is 10.1. The number of hydrogen-bond donors (Lipinski definition) is 2. The minimum atomic E-state index is -1.11. The number of pyridine rings is 1. The summed E-state index contributed by atoms with van der Waals surface area (Å²) in [4.78, 5) is 26.3. The molecule has 1 amide bonds. The summed E-state index contributed by atoms with van der Waals surface area (Å²) in [6.07, 6.45) is 0.540. The van der Waals surface area contributed by atoms with Crippen molar-refractivity contribution in [1.82, 2.24) is 4.98 Å². The van der Waals surface area contributed by atoms with Crippen LogP contribution in [0.4, 0.5) is 5.69 Å². The summed E-state index contributed by atoms with van der Waals surface area (Å²) in [6, 6.07) is 11.8. The first-order valence-electron chi connectivity index (χ1n) is 6.28. The number of carbonyl (C=O) groups is 2. The number of aromatic nitrogens is 1. The molecule has 1 unspecified atom stereocenters. The van der Waals surface area contributed by atoms with Gasteiger partial charge in [0.05, 0.1) is 6.20 Å². The number of carbonyl (C=O) groups excluding carboxylic acids is 1. The summed E-state index contributed by atoms with van der Waals surface area (Å²) in [5.41, 5.74) is 0.598. The van der Waals surface area contributed by atoms with Gasteiger partial charge in [-0.25, -0.2) is 9.78 Å². The predicted molar refractivity (Wildman–Crippen MR) is 76.4 cm³/mol. The van der Waals surface area contributed by atoms with E-state index in [1.807, 2.05) is 18.2 Å². The summed E-state index contributed by atoms with van der Waals surface area (Å²) in [6.45, 7) is 1.60. The molecule has 6 heteroatoms. The second-order valence-corrected chi connectivity index (χ2v) is 4.30. The minimum Gasteiger partial charge on any atom is -0.479 e. The van der Waals surface area contributed by atoms with Gasteiger partial charge in [0.2, 0.25) is 0 Å². The molecule has 21 heavy (non-hydrogen) atoms. The van der Waals surface area contributed by atoms with Crippen LogP contribution in [0.1, 0.15) is 17.4 Å². The first-order valence-corrected chi connectivity index (χ1v) is 6.28. The lowest BCUT2D eigenvalue weighted by Crippen LogP contribution is -2.30. The molecule has 1 atom stereocenters. The van der Waals surface area contributed by atoms with Crippen molar-refractivity contribution in [2.45, 2.75) is 13.0 Å². The average Bonchev–Trinajstić information content (AvgIpc) is 2.48. The van der Waals surface area contributed by atoms with E-state index in [1.54, 1.807) is 19.1 Å². The maximum atomic E-state index is 11.9. The van der Waals surface area contributed by atoms with Gasteiger partial charge in [-0.2, -0.15) is 0 Å². The van der Waals surface area contributed by atoms with Crippen LogP contribution in [0.5, 0.6) is 5.75 Å². The third-order valence-electron chi connectivity index (χ3n) is 2.68. The summed E-state index contributed by atoms with van der Waals surface area (Å²) in [7, 11) is 0. The highest BCUT2D eigenvalue weighted by molar-refractivity contribution is 5.94. The van der Waals surface area contributed by atoms with Crippen LogP contribution in [0, 0.1) is 0 Å². The van der Waals surface area contributed by atoms with Gasteiger partial charge >= 0.3 is 5.97 Å². The molecule has 1 aromatic carbocycles. The van der Waals surface area contributed by atoms with E-state index in [4.69, 9.17) is 9.84 Å². The number of amides is 1. The van der Waals surface area contributed by atoms with Gasteiger partial charge in [-0.15, -0.1) is 0 Å².